The number of hydrogen-bond donors (Lipinski definition) is 1. The monoisotopic (exact) mass is 237 g/mol. The second kappa shape index (κ2) is 6.68. The Morgan fingerprint density at radius 3 is 2.94 bits per heavy atom. The second-order valence-electron chi connectivity index (χ2n) is 3.53. The minimum absolute atomic E-state index is 0.0677. The molecule has 0 atom stereocenters. The summed E-state index contributed by atoms with van der Waals surface area (Å²) in [6, 6.07) is 4.69. The standard InChI is InChI=1S/C13H16FNO2/c1-10(16)15-9-4-3-6-11-12(14)7-5-8-13(11)17-2/h3,5-8H,4,9H2,1-2H3,(H,15,16). The van der Waals surface area contributed by atoms with Gasteiger partial charge in [0.1, 0.15) is 11.6 Å². The summed E-state index contributed by atoms with van der Waals surface area (Å²) in [6.45, 7) is 2.01. The number of benzene rings is 1. The summed E-state index contributed by atoms with van der Waals surface area (Å²) in [7, 11) is 1.50. The van der Waals surface area contributed by atoms with E-state index in [0.29, 0.717) is 24.3 Å². The van der Waals surface area contributed by atoms with Crippen LogP contribution in [0.2, 0.25) is 0 Å². The highest BCUT2D eigenvalue weighted by Crippen LogP contribution is 2.22. The van der Waals surface area contributed by atoms with Gasteiger partial charge in [-0.05, 0) is 18.6 Å². The number of methoxy groups -OCH3 is 1. The predicted octanol–water partition coefficient (Wildman–Crippen LogP) is 2.37. The van der Waals surface area contributed by atoms with Crippen LogP contribution in [-0.4, -0.2) is 19.6 Å². The maximum Gasteiger partial charge on any atom is 0.216 e. The molecule has 0 saturated carbocycles. The van der Waals surface area contributed by atoms with Crippen molar-refractivity contribution in [3.05, 3.63) is 35.7 Å². The molecule has 1 N–H and O–H groups in total. The number of carbonyl (C=O) groups excluding carboxylic acids is 1. The summed E-state index contributed by atoms with van der Waals surface area (Å²) in [5.41, 5.74) is 0.429. The van der Waals surface area contributed by atoms with Crippen molar-refractivity contribution in [3.8, 4) is 5.75 Å². The number of carbonyl (C=O) groups is 1. The van der Waals surface area contributed by atoms with E-state index in [-0.39, 0.29) is 11.7 Å². The van der Waals surface area contributed by atoms with E-state index < -0.39 is 0 Å². The summed E-state index contributed by atoms with van der Waals surface area (Å²) in [4.78, 5) is 10.6. The lowest BCUT2D eigenvalue weighted by atomic mass is 10.1. The van der Waals surface area contributed by atoms with Crippen LogP contribution >= 0.6 is 0 Å². The van der Waals surface area contributed by atoms with E-state index in [0.717, 1.165) is 0 Å². The van der Waals surface area contributed by atoms with Crippen LogP contribution in [0.25, 0.3) is 6.08 Å². The molecule has 0 fully saturated rings. The zero-order valence-corrected chi connectivity index (χ0v) is 10.00. The molecule has 92 valence electrons. The van der Waals surface area contributed by atoms with Gasteiger partial charge in [-0.3, -0.25) is 4.79 Å². The molecule has 3 nitrogen and oxygen atoms in total. The number of halogens is 1. The van der Waals surface area contributed by atoms with Crippen LogP contribution < -0.4 is 10.1 Å². The molecule has 0 saturated heterocycles. The molecular weight excluding hydrogens is 221 g/mol. The Morgan fingerprint density at radius 1 is 1.53 bits per heavy atom. The molecule has 0 heterocycles. The Balaban J connectivity index is 2.61. The zero-order valence-electron chi connectivity index (χ0n) is 10.00. The molecule has 1 aromatic carbocycles. The molecule has 17 heavy (non-hydrogen) atoms. The molecule has 1 rings (SSSR count). The molecule has 0 spiro atoms. The number of amides is 1. The first-order chi connectivity index (χ1) is 8.15. The van der Waals surface area contributed by atoms with Crippen molar-refractivity contribution in [2.75, 3.05) is 13.7 Å². The van der Waals surface area contributed by atoms with Crippen LogP contribution in [0.1, 0.15) is 18.9 Å². The van der Waals surface area contributed by atoms with Gasteiger partial charge < -0.3 is 10.1 Å². The fourth-order valence-electron chi connectivity index (χ4n) is 1.39. The maximum absolute atomic E-state index is 13.5. The first-order valence-electron chi connectivity index (χ1n) is 5.38. The molecule has 0 radical (unpaired) electrons. The third-order valence-corrected chi connectivity index (χ3v) is 2.20. The number of rotatable bonds is 5. The van der Waals surface area contributed by atoms with Crippen LogP contribution in [0.4, 0.5) is 4.39 Å². The Morgan fingerprint density at radius 2 is 2.29 bits per heavy atom. The molecule has 0 aliphatic heterocycles. The van der Waals surface area contributed by atoms with Crippen molar-refractivity contribution in [3.63, 3.8) is 0 Å². The lowest BCUT2D eigenvalue weighted by molar-refractivity contribution is -0.118. The predicted molar refractivity (Wildman–Crippen MR) is 65.3 cm³/mol. The van der Waals surface area contributed by atoms with E-state index in [1.807, 2.05) is 0 Å². The summed E-state index contributed by atoms with van der Waals surface area (Å²) >= 11 is 0. The van der Waals surface area contributed by atoms with Crippen LogP contribution in [0.5, 0.6) is 5.75 Å². The topological polar surface area (TPSA) is 38.3 Å². The van der Waals surface area contributed by atoms with Gasteiger partial charge >= 0.3 is 0 Å². The van der Waals surface area contributed by atoms with Crippen LogP contribution in [0.15, 0.2) is 24.3 Å². The minimum atomic E-state index is -0.319. The summed E-state index contributed by atoms with van der Waals surface area (Å²) < 4.78 is 18.5. The SMILES string of the molecule is COc1cccc(F)c1C=CCCNC(C)=O. The van der Waals surface area contributed by atoms with Crippen molar-refractivity contribution < 1.29 is 13.9 Å². The van der Waals surface area contributed by atoms with Gasteiger partial charge in [-0.25, -0.2) is 4.39 Å². The normalized spacial score (nSPS) is 10.5. The molecule has 1 amide bonds. The van der Waals surface area contributed by atoms with Crippen molar-refractivity contribution in [1.82, 2.24) is 5.32 Å². The fourth-order valence-corrected chi connectivity index (χ4v) is 1.39. The molecule has 4 heteroatoms. The highest BCUT2D eigenvalue weighted by atomic mass is 19.1. The van der Waals surface area contributed by atoms with Gasteiger partial charge in [-0.2, -0.15) is 0 Å². The zero-order chi connectivity index (χ0) is 12.7. The van der Waals surface area contributed by atoms with E-state index in [4.69, 9.17) is 4.74 Å². The Bertz CT molecular complexity index is 416. The van der Waals surface area contributed by atoms with E-state index >= 15 is 0 Å². The van der Waals surface area contributed by atoms with Crippen molar-refractivity contribution in [2.24, 2.45) is 0 Å². The van der Waals surface area contributed by atoms with Crippen LogP contribution in [0.3, 0.4) is 0 Å². The van der Waals surface area contributed by atoms with Crippen LogP contribution in [-0.2, 0) is 4.79 Å². The van der Waals surface area contributed by atoms with E-state index in [9.17, 15) is 9.18 Å². The largest absolute Gasteiger partial charge is 0.496 e. The van der Waals surface area contributed by atoms with E-state index in [1.54, 1.807) is 24.3 Å². The maximum atomic E-state index is 13.5. The molecule has 0 bridgehead atoms. The van der Waals surface area contributed by atoms with E-state index in [1.165, 1.54) is 20.1 Å². The average molecular weight is 237 g/mol. The number of nitrogens with one attached hydrogen (secondary N) is 1. The molecular formula is C13H16FNO2. The lowest BCUT2D eigenvalue weighted by Gasteiger charge is -2.05. The number of ether oxygens (including phenoxy) is 1. The van der Waals surface area contributed by atoms with Gasteiger partial charge in [0, 0.05) is 13.5 Å². The third kappa shape index (κ3) is 4.26. The quantitative estimate of drug-likeness (QED) is 0.798. The van der Waals surface area contributed by atoms with Crippen molar-refractivity contribution in [2.45, 2.75) is 13.3 Å². The summed E-state index contributed by atoms with van der Waals surface area (Å²) in [5.74, 6) is 0.114. The molecule has 0 aliphatic rings. The molecule has 0 aliphatic carbocycles. The Hall–Kier alpha value is -1.84. The molecule has 0 unspecified atom stereocenters. The minimum Gasteiger partial charge on any atom is -0.496 e. The Labute approximate surface area is 100 Å². The second-order valence-corrected chi connectivity index (χ2v) is 3.53. The van der Waals surface area contributed by atoms with Gasteiger partial charge in [-0.1, -0.05) is 18.2 Å². The highest BCUT2D eigenvalue weighted by molar-refractivity contribution is 5.72. The lowest BCUT2D eigenvalue weighted by Crippen LogP contribution is -2.20. The summed E-state index contributed by atoms with van der Waals surface area (Å²) in [5, 5.41) is 2.66. The first kappa shape index (κ1) is 13.2. The smallest absolute Gasteiger partial charge is 0.216 e. The van der Waals surface area contributed by atoms with Gasteiger partial charge in [0.05, 0.1) is 12.7 Å². The molecule has 1 aromatic rings. The third-order valence-electron chi connectivity index (χ3n) is 2.20. The highest BCUT2D eigenvalue weighted by Gasteiger charge is 2.04. The Kier molecular flexibility index (Phi) is 5.20. The van der Waals surface area contributed by atoms with Crippen molar-refractivity contribution in [1.29, 1.82) is 0 Å². The fraction of sp³-hybridized carbons (Fsp3) is 0.308. The van der Waals surface area contributed by atoms with Gasteiger partial charge in [0.2, 0.25) is 5.91 Å². The van der Waals surface area contributed by atoms with Gasteiger partial charge in [0.25, 0.3) is 0 Å². The van der Waals surface area contributed by atoms with Gasteiger partial charge in [-0.15, -0.1) is 0 Å². The first-order valence-corrected chi connectivity index (χ1v) is 5.38. The van der Waals surface area contributed by atoms with Crippen molar-refractivity contribution >= 4 is 12.0 Å². The average Bonchev–Trinajstić information content (AvgIpc) is 2.30. The number of hydrogen-bond acceptors (Lipinski definition) is 2. The van der Waals surface area contributed by atoms with Crippen LogP contribution in [0, 0.1) is 5.82 Å². The summed E-state index contributed by atoms with van der Waals surface area (Å²) in [6.07, 6.45) is 4.12. The van der Waals surface area contributed by atoms with E-state index in [2.05, 4.69) is 5.32 Å². The molecule has 0 aromatic heterocycles. The van der Waals surface area contributed by atoms with Gasteiger partial charge in [0.15, 0.2) is 0 Å².